The maximum absolute atomic E-state index is 11.7. The molecule has 1 amide bonds. The van der Waals surface area contributed by atoms with E-state index in [0.717, 1.165) is 0 Å². The molecule has 0 aliphatic carbocycles. The fourth-order valence-corrected chi connectivity index (χ4v) is 1.93. The Morgan fingerprint density at radius 1 is 1.53 bits per heavy atom. The van der Waals surface area contributed by atoms with E-state index in [4.69, 9.17) is 21.5 Å². The summed E-state index contributed by atoms with van der Waals surface area (Å²) in [7, 11) is 0. The van der Waals surface area contributed by atoms with Crippen LogP contribution in [0.15, 0.2) is 30.5 Å². The standard InChI is InChI=1S/C11H9BrClN3O3/c12-14-11(17)7-2-1-3-9(13)8(7)6-19-10-4-5-16(18)15-10/h1-5,18H,6H2,(H,14,17). The third-order valence-corrected chi connectivity index (χ3v) is 3.08. The second-order valence-corrected chi connectivity index (χ2v) is 4.36. The van der Waals surface area contributed by atoms with Crippen LogP contribution in [-0.2, 0) is 6.61 Å². The van der Waals surface area contributed by atoms with E-state index >= 15 is 0 Å². The first-order valence-corrected chi connectivity index (χ1v) is 6.35. The summed E-state index contributed by atoms with van der Waals surface area (Å²) in [5.41, 5.74) is 0.932. The Kier molecular flexibility index (Phi) is 4.28. The molecule has 0 radical (unpaired) electrons. The molecular formula is C11H9BrClN3O3. The maximum Gasteiger partial charge on any atom is 0.261 e. The van der Waals surface area contributed by atoms with Crippen molar-refractivity contribution in [2.24, 2.45) is 0 Å². The minimum absolute atomic E-state index is 0.0619. The van der Waals surface area contributed by atoms with Crippen LogP contribution in [0.3, 0.4) is 0 Å². The minimum Gasteiger partial charge on any atom is -0.472 e. The Labute approximate surface area is 122 Å². The molecule has 2 aromatic rings. The lowest BCUT2D eigenvalue weighted by molar-refractivity contribution is 0.0983. The molecule has 0 aliphatic rings. The van der Waals surface area contributed by atoms with Gasteiger partial charge in [0.05, 0.1) is 6.20 Å². The van der Waals surface area contributed by atoms with Crippen LogP contribution < -0.4 is 9.08 Å². The Hall–Kier alpha value is -1.73. The van der Waals surface area contributed by atoms with Crippen LogP contribution in [0.25, 0.3) is 0 Å². The molecule has 0 saturated heterocycles. The second-order valence-electron chi connectivity index (χ2n) is 3.55. The molecule has 8 heteroatoms. The molecule has 0 saturated carbocycles. The van der Waals surface area contributed by atoms with E-state index in [9.17, 15) is 4.79 Å². The smallest absolute Gasteiger partial charge is 0.261 e. The van der Waals surface area contributed by atoms with E-state index in [2.05, 4.69) is 25.6 Å². The number of hydrogen-bond acceptors (Lipinski definition) is 4. The monoisotopic (exact) mass is 345 g/mol. The Morgan fingerprint density at radius 2 is 2.32 bits per heavy atom. The van der Waals surface area contributed by atoms with Gasteiger partial charge in [-0.2, -0.15) is 0 Å². The zero-order valence-corrected chi connectivity index (χ0v) is 11.8. The van der Waals surface area contributed by atoms with Crippen molar-refractivity contribution in [3.05, 3.63) is 46.6 Å². The van der Waals surface area contributed by atoms with Gasteiger partial charge in [0.15, 0.2) is 0 Å². The molecule has 0 fully saturated rings. The average Bonchev–Trinajstić information content (AvgIpc) is 2.82. The van der Waals surface area contributed by atoms with Gasteiger partial charge in [0.2, 0.25) is 5.88 Å². The van der Waals surface area contributed by atoms with Crippen molar-refractivity contribution in [3.8, 4) is 5.88 Å². The molecule has 2 N–H and O–H groups in total. The second kappa shape index (κ2) is 5.94. The topological polar surface area (TPSA) is 76.4 Å². The molecule has 1 aromatic heterocycles. The zero-order valence-electron chi connectivity index (χ0n) is 9.51. The van der Waals surface area contributed by atoms with Gasteiger partial charge in [-0.3, -0.25) is 9.14 Å². The number of amides is 1. The van der Waals surface area contributed by atoms with Crippen LogP contribution in [0.4, 0.5) is 0 Å². The van der Waals surface area contributed by atoms with Gasteiger partial charge in [-0.15, -0.1) is 4.85 Å². The molecule has 0 bridgehead atoms. The van der Waals surface area contributed by atoms with Gasteiger partial charge in [-0.1, -0.05) is 22.8 Å². The first-order chi connectivity index (χ1) is 9.11. The van der Waals surface area contributed by atoms with Gasteiger partial charge in [-0.25, -0.2) is 0 Å². The number of halogens is 2. The van der Waals surface area contributed by atoms with Crippen molar-refractivity contribution < 1.29 is 14.7 Å². The summed E-state index contributed by atoms with van der Waals surface area (Å²) in [5, 5.41) is 13.1. The average molecular weight is 347 g/mol. The van der Waals surface area contributed by atoms with Crippen LogP contribution in [0.1, 0.15) is 15.9 Å². The molecule has 0 unspecified atom stereocenters. The van der Waals surface area contributed by atoms with Crippen molar-refractivity contribution in [2.75, 3.05) is 0 Å². The SMILES string of the molecule is O=C(NBr)c1cccc(Cl)c1COc1ccn(O)n1. The summed E-state index contributed by atoms with van der Waals surface area (Å²) < 4.78 is 7.71. The summed E-state index contributed by atoms with van der Waals surface area (Å²) in [4.78, 5) is 12.3. The van der Waals surface area contributed by atoms with Crippen molar-refractivity contribution in [1.29, 1.82) is 0 Å². The van der Waals surface area contributed by atoms with Crippen LogP contribution in [-0.4, -0.2) is 21.1 Å². The molecule has 0 spiro atoms. The van der Waals surface area contributed by atoms with E-state index in [1.165, 1.54) is 12.3 Å². The maximum atomic E-state index is 11.7. The largest absolute Gasteiger partial charge is 0.472 e. The number of benzene rings is 1. The lowest BCUT2D eigenvalue weighted by atomic mass is 10.1. The summed E-state index contributed by atoms with van der Waals surface area (Å²) in [6.45, 7) is 0.0619. The lowest BCUT2D eigenvalue weighted by Gasteiger charge is -2.10. The van der Waals surface area contributed by atoms with Gasteiger partial charge in [0.1, 0.15) is 6.61 Å². The molecule has 0 aliphatic heterocycles. The predicted molar refractivity (Wildman–Crippen MR) is 71.6 cm³/mol. The Balaban J connectivity index is 2.21. The van der Waals surface area contributed by atoms with Crippen molar-refractivity contribution in [3.63, 3.8) is 0 Å². The van der Waals surface area contributed by atoms with E-state index in [0.29, 0.717) is 21.0 Å². The molecule has 1 aromatic carbocycles. The number of aromatic nitrogens is 2. The van der Waals surface area contributed by atoms with Crippen LogP contribution in [0.5, 0.6) is 5.88 Å². The lowest BCUT2D eigenvalue weighted by Crippen LogP contribution is -2.15. The fourth-order valence-electron chi connectivity index (χ4n) is 1.49. The molecule has 1 heterocycles. The highest BCUT2D eigenvalue weighted by molar-refractivity contribution is 9.08. The first-order valence-electron chi connectivity index (χ1n) is 5.18. The minimum atomic E-state index is -0.325. The number of carbonyl (C=O) groups is 1. The van der Waals surface area contributed by atoms with E-state index < -0.39 is 0 Å². The van der Waals surface area contributed by atoms with Crippen molar-refractivity contribution in [1.82, 2.24) is 14.3 Å². The van der Waals surface area contributed by atoms with E-state index in [1.54, 1.807) is 18.2 Å². The molecule has 100 valence electrons. The summed E-state index contributed by atoms with van der Waals surface area (Å²) in [6.07, 6.45) is 1.33. The number of ether oxygens (including phenoxy) is 1. The first kappa shape index (κ1) is 13.7. The Bertz CT molecular complexity index is 603. The molecule has 19 heavy (non-hydrogen) atoms. The predicted octanol–water partition coefficient (Wildman–Crippen LogP) is 2.39. The Morgan fingerprint density at radius 3 is 2.95 bits per heavy atom. The van der Waals surface area contributed by atoms with Gasteiger partial charge in [-0.05, 0) is 12.1 Å². The summed E-state index contributed by atoms with van der Waals surface area (Å²) in [5.74, 6) is -0.0959. The van der Waals surface area contributed by atoms with Crippen LogP contribution >= 0.6 is 27.7 Å². The number of carbonyl (C=O) groups excluding carboxylic acids is 1. The number of hydrogen-bond donors (Lipinski definition) is 2. The number of nitrogens with one attached hydrogen (secondary N) is 1. The molecular weight excluding hydrogens is 337 g/mol. The van der Waals surface area contributed by atoms with Gasteiger partial charge in [0, 0.05) is 38.4 Å². The van der Waals surface area contributed by atoms with Crippen molar-refractivity contribution >= 4 is 33.7 Å². The highest BCUT2D eigenvalue weighted by atomic mass is 79.9. The normalized spacial score (nSPS) is 10.2. The highest BCUT2D eigenvalue weighted by Gasteiger charge is 2.14. The van der Waals surface area contributed by atoms with Crippen molar-refractivity contribution in [2.45, 2.75) is 6.61 Å². The van der Waals surface area contributed by atoms with E-state index in [1.807, 2.05) is 0 Å². The van der Waals surface area contributed by atoms with Crippen LogP contribution in [0, 0.1) is 0 Å². The van der Waals surface area contributed by atoms with Gasteiger partial charge < -0.3 is 9.94 Å². The zero-order chi connectivity index (χ0) is 13.8. The summed E-state index contributed by atoms with van der Waals surface area (Å²) in [6, 6.07) is 6.45. The molecule has 2 rings (SSSR count). The van der Waals surface area contributed by atoms with Gasteiger partial charge in [0.25, 0.3) is 5.91 Å². The van der Waals surface area contributed by atoms with Gasteiger partial charge >= 0.3 is 0 Å². The third kappa shape index (κ3) is 3.18. The highest BCUT2D eigenvalue weighted by Crippen LogP contribution is 2.22. The molecule has 6 nitrogen and oxygen atoms in total. The number of rotatable bonds is 4. The van der Waals surface area contributed by atoms with E-state index in [-0.39, 0.29) is 18.4 Å². The quantitative estimate of drug-likeness (QED) is 0.658. The third-order valence-electron chi connectivity index (χ3n) is 2.37. The fraction of sp³-hybridized carbons (Fsp3) is 0.0909. The molecule has 0 atom stereocenters. The summed E-state index contributed by atoms with van der Waals surface area (Å²) >= 11 is 8.93. The number of nitrogens with zero attached hydrogens (tertiary/aromatic N) is 2. The van der Waals surface area contributed by atoms with Crippen LogP contribution in [0.2, 0.25) is 5.02 Å².